The summed E-state index contributed by atoms with van der Waals surface area (Å²) in [7, 11) is 4.54. The van der Waals surface area contributed by atoms with E-state index in [0.29, 0.717) is 43.7 Å². The Hall–Kier alpha value is -4.10. The molecule has 2 aromatic carbocycles. The van der Waals surface area contributed by atoms with Crippen LogP contribution in [0, 0.1) is 0 Å². The monoisotopic (exact) mass is 543 g/mol. The minimum absolute atomic E-state index is 0.108. The normalized spacial score (nSPS) is 10.6. The Morgan fingerprint density at radius 1 is 0.919 bits per heavy atom. The summed E-state index contributed by atoms with van der Waals surface area (Å²) in [5, 5.41) is 16.3. The molecule has 3 amide bonds. The summed E-state index contributed by atoms with van der Waals surface area (Å²) in [6.07, 6.45) is 2.95. The number of nitrogens with zero attached hydrogens (tertiary/aromatic N) is 2. The van der Waals surface area contributed by atoms with Gasteiger partial charge in [0.05, 0.1) is 27.1 Å². The van der Waals surface area contributed by atoms with E-state index in [1.807, 2.05) is 0 Å². The average molecular weight is 544 g/mol. The second-order valence-electron chi connectivity index (χ2n) is 7.25. The van der Waals surface area contributed by atoms with Crippen molar-refractivity contribution in [3.05, 3.63) is 48.0 Å². The highest BCUT2D eigenvalue weighted by atomic mass is 32.2. The molecule has 37 heavy (non-hydrogen) atoms. The van der Waals surface area contributed by atoms with Crippen LogP contribution in [-0.4, -0.2) is 55.0 Å². The van der Waals surface area contributed by atoms with Crippen LogP contribution in [0.15, 0.2) is 46.8 Å². The molecule has 13 heteroatoms. The zero-order valence-corrected chi connectivity index (χ0v) is 22.1. The molecule has 0 aliphatic heterocycles. The Morgan fingerprint density at radius 3 is 2.11 bits per heavy atom. The fourth-order valence-corrected chi connectivity index (χ4v) is 4.55. The summed E-state index contributed by atoms with van der Waals surface area (Å²) >= 11 is 2.35. The predicted molar refractivity (Wildman–Crippen MR) is 144 cm³/mol. The first-order valence-electron chi connectivity index (χ1n) is 10.7. The second kappa shape index (κ2) is 13.3. The first-order chi connectivity index (χ1) is 17.8. The first-order valence-corrected chi connectivity index (χ1v) is 12.5. The summed E-state index contributed by atoms with van der Waals surface area (Å²) < 4.78 is 16.4. The summed E-state index contributed by atoms with van der Waals surface area (Å²) in [5.41, 5.74) is 1.92. The van der Waals surface area contributed by atoms with Crippen molar-refractivity contribution in [3.8, 4) is 17.2 Å². The van der Waals surface area contributed by atoms with Gasteiger partial charge in [-0.05, 0) is 48.0 Å². The average Bonchev–Trinajstić information content (AvgIpc) is 3.33. The fraction of sp³-hybridized carbons (Fsp3) is 0.208. The molecular formula is C24H25N5O6S2. The third kappa shape index (κ3) is 8.22. The van der Waals surface area contributed by atoms with Gasteiger partial charge in [-0.25, -0.2) is 0 Å². The van der Waals surface area contributed by atoms with Crippen LogP contribution in [0.2, 0.25) is 0 Å². The van der Waals surface area contributed by atoms with E-state index in [9.17, 15) is 14.4 Å². The number of thioether (sulfide) groups is 1. The molecule has 0 unspecified atom stereocenters. The third-order valence-corrected chi connectivity index (χ3v) is 6.54. The fourth-order valence-electron chi connectivity index (χ4n) is 3.00. The Kier molecular flexibility index (Phi) is 9.86. The summed E-state index contributed by atoms with van der Waals surface area (Å²) in [6.45, 7) is 1.42. The largest absolute Gasteiger partial charge is 0.493 e. The van der Waals surface area contributed by atoms with Crippen LogP contribution in [0.4, 0.5) is 16.5 Å². The lowest BCUT2D eigenvalue weighted by atomic mass is 10.1. The molecule has 3 aromatic rings. The number of carbonyl (C=O) groups excluding carboxylic acids is 3. The minimum Gasteiger partial charge on any atom is -0.493 e. The quantitative estimate of drug-likeness (QED) is 0.186. The predicted octanol–water partition coefficient (Wildman–Crippen LogP) is 3.91. The smallest absolute Gasteiger partial charge is 0.250 e. The summed E-state index contributed by atoms with van der Waals surface area (Å²) in [5.74, 6) is 0.706. The topological polar surface area (TPSA) is 141 Å². The molecule has 0 bridgehead atoms. The van der Waals surface area contributed by atoms with Crippen molar-refractivity contribution in [2.75, 3.05) is 43.0 Å². The van der Waals surface area contributed by atoms with E-state index in [4.69, 9.17) is 14.2 Å². The van der Waals surface area contributed by atoms with Gasteiger partial charge in [-0.2, -0.15) is 0 Å². The summed E-state index contributed by atoms with van der Waals surface area (Å²) in [4.78, 5) is 35.7. The van der Waals surface area contributed by atoms with Crippen molar-refractivity contribution in [1.29, 1.82) is 0 Å². The van der Waals surface area contributed by atoms with Crippen molar-refractivity contribution in [2.45, 2.75) is 11.3 Å². The van der Waals surface area contributed by atoms with E-state index >= 15 is 0 Å². The van der Waals surface area contributed by atoms with Crippen LogP contribution in [-0.2, 0) is 14.4 Å². The van der Waals surface area contributed by atoms with Gasteiger partial charge in [0.1, 0.15) is 0 Å². The van der Waals surface area contributed by atoms with Gasteiger partial charge in [0.15, 0.2) is 15.8 Å². The molecule has 3 N–H and O–H groups in total. The molecule has 0 saturated carbocycles. The van der Waals surface area contributed by atoms with Crippen LogP contribution in [0.1, 0.15) is 12.5 Å². The van der Waals surface area contributed by atoms with Crippen LogP contribution in [0.25, 0.3) is 6.08 Å². The van der Waals surface area contributed by atoms with E-state index in [1.165, 1.54) is 46.1 Å². The zero-order chi connectivity index (χ0) is 26.8. The molecule has 11 nitrogen and oxygen atoms in total. The maximum Gasteiger partial charge on any atom is 0.250 e. The van der Waals surface area contributed by atoms with Gasteiger partial charge in [-0.3, -0.25) is 19.7 Å². The maximum atomic E-state index is 12.3. The van der Waals surface area contributed by atoms with Crippen LogP contribution >= 0.6 is 23.1 Å². The molecule has 0 atom stereocenters. The van der Waals surface area contributed by atoms with E-state index in [2.05, 4.69) is 26.1 Å². The number of amides is 3. The number of methoxy groups -OCH3 is 3. The highest BCUT2D eigenvalue weighted by Crippen LogP contribution is 2.38. The van der Waals surface area contributed by atoms with Crippen molar-refractivity contribution < 1.29 is 28.6 Å². The SMILES string of the molecule is COc1cc(/C=C/C(=O)Nc2nnc(SCC(=O)Nc3ccc(NC(C)=O)cc3)s2)cc(OC)c1OC. The van der Waals surface area contributed by atoms with E-state index in [0.717, 1.165) is 11.3 Å². The number of hydrogen-bond donors (Lipinski definition) is 3. The Balaban J connectivity index is 1.50. The van der Waals surface area contributed by atoms with Gasteiger partial charge in [-0.1, -0.05) is 23.1 Å². The lowest BCUT2D eigenvalue weighted by molar-refractivity contribution is -0.114. The molecule has 1 heterocycles. The molecule has 194 valence electrons. The van der Waals surface area contributed by atoms with Gasteiger partial charge in [0.25, 0.3) is 0 Å². The van der Waals surface area contributed by atoms with Gasteiger partial charge in [0, 0.05) is 24.4 Å². The number of aromatic nitrogens is 2. The molecule has 0 fully saturated rings. The second-order valence-corrected chi connectivity index (χ2v) is 9.45. The van der Waals surface area contributed by atoms with Gasteiger partial charge in [0.2, 0.25) is 28.6 Å². The molecule has 0 aliphatic carbocycles. The van der Waals surface area contributed by atoms with Crippen molar-refractivity contribution in [1.82, 2.24) is 10.2 Å². The number of hydrogen-bond acceptors (Lipinski definition) is 10. The van der Waals surface area contributed by atoms with E-state index in [1.54, 1.807) is 42.5 Å². The highest BCUT2D eigenvalue weighted by Gasteiger charge is 2.13. The molecule has 0 aliphatic rings. The molecule has 0 radical (unpaired) electrons. The Bertz CT molecular complexity index is 1270. The zero-order valence-electron chi connectivity index (χ0n) is 20.5. The number of ether oxygens (including phenoxy) is 3. The molecule has 0 spiro atoms. The number of anilines is 3. The van der Waals surface area contributed by atoms with Crippen molar-refractivity contribution in [2.24, 2.45) is 0 Å². The van der Waals surface area contributed by atoms with Crippen LogP contribution in [0.5, 0.6) is 17.2 Å². The number of nitrogens with one attached hydrogen (secondary N) is 3. The standard InChI is InChI=1S/C24H25N5O6S2/c1-14(30)25-16-6-8-17(9-7-16)26-21(32)13-36-24-29-28-23(37-24)27-20(31)10-5-15-11-18(33-2)22(35-4)19(12-15)34-3/h5-12H,13H2,1-4H3,(H,25,30)(H,26,32)(H,27,28,31)/b10-5+. The van der Waals surface area contributed by atoms with Crippen LogP contribution in [0.3, 0.4) is 0 Å². The summed E-state index contributed by atoms with van der Waals surface area (Å²) in [6, 6.07) is 10.2. The lowest BCUT2D eigenvalue weighted by Gasteiger charge is -2.12. The minimum atomic E-state index is -0.401. The lowest BCUT2D eigenvalue weighted by Crippen LogP contribution is -2.14. The number of rotatable bonds is 11. The maximum absolute atomic E-state index is 12.3. The number of carbonyl (C=O) groups is 3. The molecule has 3 rings (SSSR count). The van der Waals surface area contributed by atoms with E-state index < -0.39 is 5.91 Å². The highest BCUT2D eigenvalue weighted by molar-refractivity contribution is 8.01. The van der Waals surface area contributed by atoms with E-state index in [-0.39, 0.29) is 17.6 Å². The van der Waals surface area contributed by atoms with Gasteiger partial charge >= 0.3 is 0 Å². The van der Waals surface area contributed by atoms with Crippen molar-refractivity contribution in [3.63, 3.8) is 0 Å². The van der Waals surface area contributed by atoms with Crippen LogP contribution < -0.4 is 30.2 Å². The molecule has 0 saturated heterocycles. The molecular weight excluding hydrogens is 518 g/mol. The van der Waals surface area contributed by atoms with Gasteiger partial charge in [-0.15, -0.1) is 10.2 Å². The Labute approximate surface area is 221 Å². The number of benzene rings is 2. The third-order valence-electron chi connectivity index (χ3n) is 4.57. The molecule has 1 aromatic heterocycles. The first kappa shape index (κ1) is 27.5. The van der Waals surface area contributed by atoms with Crippen molar-refractivity contribution >= 4 is 63.4 Å². The Morgan fingerprint density at radius 2 is 1.54 bits per heavy atom. The van der Waals surface area contributed by atoms with Gasteiger partial charge < -0.3 is 24.8 Å².